The molecule has 94 valence electrons. The molecule has 0 saturated heterocycles. The van der Waals surface area contributed by atoms with E-state index in [4.69, 9.17) is 0 Å². The average molecular weight is 372 g/mol. The molecule has 1 aromatic carbocycles. The number of halogens is 4. The normalized spacial score (nSPS) is 10.6. The summed E-state index contributed by atoms with van der Waals surface area (Å²) in [6.07, 6.45) is 0.201. The number of carbonyl (C=O) groups excluding carboxylic acids is 1. The molecule has 0 aliphatic rings. The molecule has 0 radical (unpaired) electrons. The van der Waals surface area contributed by atoms with Crippen LogP contribution in [0.3, 0.4) is 0 Å². The zero-order valence-electron chi connectivity index (χ0n) is 8.76. The van der Waals surface area contributed by atoms with Gasteiger partial charge in [0.1, 0.15) is 11.5 Å². The van der Waals surface area contributed by atoms with Crippen molar-refractivity contribution >= 4 is 37.6 Å². The van der Waals surface area contributed by atoms with E-state index in [1.165, 1.54) is 6.07 Å². The van der Waals surface area contributed by atoms with E-state index in [0.717, 1.165) is 0 Å². The van der Waals surface area contributed by atoms with Crippen molar-refractivity contribution in [2.45, 2.75) is 18.4 Å². The molecule has 0 aliphatic heterocycles. The molecule has 0 spiro atoms. The van der Waals surface area contributed by atoms with Gasteiger partial charge in [-0.15, -0.1) is 0 Å². The summed E-state index contributed by atoms with van der Waals surface area (Å²) >= 11 is 6.28. The first-order chi connectivity index (χ1) is 8.08. The van der Waals surface area contributed by atoms with Gasteiger partial charge in [-0.2, -0.15) is 8.78 Å². The Bertz CT molecular complexity index is 397. The van der Waals surface area contributed by atoms with Gasteiger partial charge in [-0.3, -0.25) is 4.79 Å². The van der Waals surface area contributed by atoms with Crippen LogP contribution in [0.15, 0.2) is 18.2 Å². The number of benzene rings is 1. The quantitative estimate of drug-likeness (QED) is 0.713. The molecule has 0 N–H and O–H groups in total. The van der Waals surface area contributed by atoms with Gasteiger partial charge in [-0.1, -0.05) is 44.0 Å². The van der Waals surface area contributed by atoms with Crippen LogP contribution >= 0.6 is 31.9 Å². The predicted octanol–water partition coefficient (Wildman–Crippen LogP) is 3.69. The summed E-state index contributed by atoms with van der Waals surface area (Å²) in [7, 11) is 0. The minimum Gasteiger partial charge on any atom is -0.435 e. The molecule has 0 atom stereocenters. The van der Waals surface area contributed by atoms with Crippen LogP contribution in [-0.4, -0.2) is 17.7 Å². The van der Waals surface area contributed by atoms with E-state index in [-0.39, 0.29) is 23.3 Å². The Labute approximate surface area is 115 Å². The van der Waals surface area contributed by atoms with Crippen molar-refractivity contribution in [2.75, 3.05) is 5.33 Å². The molecule has 0 fully saturated rings. The Morgan fingerprint density at radius 2 is 2.06 bits per heavy atom. The molecule has 17 heavy (non-hydrogen) atoms. The van der Waals surface area contributed by atoms with E-state index in [2.05, 4.69) is 36.6 Å². The van der Waals surface area contributed by atoms with Gasteiger partial charge in [-0.25, -0.2) is 0 Å². The highest BCUT2D eigenvalue weighted by Crippen LogP contribution is 2.27. The van der Waals surface area contributed by atoms with Gasteiger partial charge >= 0.3 is 6.61 Å². The molecule has 0 aliphatic carbocycles. The van der Waals surface area contributed by atoms with Crippen molar-refractivity contribution in [1.82, 2.24) is 0 Å². The molecule has 0 bridgehead atoms. The fraction of sp³-hybridized carbons (Fsp3) is 0.364. The first-order valence-electron chi connectivity index (χ1n) is 4.77. The minimum atomic E-state index is -2.87. The van der Waals surface area contributed by atoms with Crippen LogP contribution in [0.25, 0.3) is 0 Å². The van der Waals surface area contributed by atoms with Gasteiger partial charge in [0, 0.05) is 17.3 Å². The Hall–Kier alpha value is -0.490. The lowest BCUT2D eigenvalue weighted by molar-refractivity contribution is -0.115. The van der Waals surface area contributed by atoms with Crippen molar-refractivity contribution in [1.29, 1.82) is 0 Å². The lowest BCUT2D eigenvalue weighted by Gasteiger charge is -2.12. The summed E-state index contributed by atoms with van der Waals surface area (Å²) in [5, 5.41) is 0.607. The molecule has 0 saturated carbocycles. The Morgan fingerprint density at radius 1 is 1.35 bits per heavy atom. The molecular formula is C11H10Br2F2O2. The third kappa shape index (κ3) is 4.35. The molecule has 1 rings (SSSR count). The zero-order chi connectivity index (χ0) is 12.8. The molecular weight excluding hydrogens is 362 g/mol. The summed E-state index contributed by atoms with van der Waals surface area (Å²) in [6.45, 7) is -2.87. The Balaban J connectivity index is 3.00. The van der Waals surface area contributed by atoms with Gasteiger partial charge in [0.15, 0.2) is 0 Å². The highest BCUT2D eigenvalue weighted by Gasteiger charge is 2.14. The van der Waals surface area contributed by atoms with Gasteiger partial charge in [-0.05, 0) is 11.6 Å². The second kappa shape index (κ2) is 7.06. The minimum absolute atomic E-state index is 0.0126. The molecule has 0 unspecified atom stereocenters. The van der Waals surface area contributed by atoms with Crippen molar-refractivity contribution < 1.29 is 18.3 Å². The van der Waals surface area contributed by atoms with Crippen LogP contribution in [0, 0.1) is 0 Å². The van der Waals surface area contributed by atoms with Crippen molar-refractivity contribution in [3.05, 3.63) is 29.3 Å². The standard InChI is InChI=1S/C11H10Br2F2O2/c12-5-8(16)4-7-2-1-3-10(9(7)6-13)17-11(14)15/h1-3,11H,4-6H2. The van der Waals surface area contributed by atoms with Crippen molar-refractivity contribution in [2.24, 2.45) is 0 Å². The summed E-state index contributed by atoms with van der Waals surface area (Å²) in [5.74, 6) is 0.0955. The largest absolute Gasteiger partial charge is 0.435 e. The molecule has 0 heterocycles. The van der Waals surface area contributed by atoms with E-state index in [9.17, 15) is 13.6 Å². The van der Waals surface area contributed by atoms with Crippen molar-refractivity contribution in [3.8, 4) is 5.75 Å². The SMILES string of the molecule is O=C(CBr)Cc1cccc(OC(F)F)c1CBr. The lowest BCUT2D eigenvalue weighted by Crippen LogP contribution is -2.09. The fourth-order valence-electron chi connectivity index (χ4n) is 1.39. The maximum Gasteiger partial charge on any atom is 0.387 e. The molecule has 1 aromatic rings. The molecule has 0 amide bonds. The second-order valence-electron chi connectivity index (χ2n) is 3.26. The monoisotopic (exact) mass is 370 g/mol. The number of hydrogen-bond acceptors (Lipinski definition) is 2. The van der Waals surface area contributed by atoms with Gasteiger partial charge < -0.3 is 4.74 Å². The van der Waals surface area contributed by atoms with E-state index in [0.29, 0.717) is 16.5 Å². The van der Waals surface area contributed by atoms with Gasteiger partial charge in [0.05, 0.1) is 5.33 Å². The van der Waals surface area contributed by atoms with E-state index >= 15 is 0 Å². The zero-order valence-corrected chi connectivity index (χ0v) is 11.9. The van der Waals surface area contributed by atoms with Crippen LogP contribution in [0.5, 0.6) is 5.75 Å². The number of hydrogen-bond donors (Lipinski definition) is 0. The van der Waals surface area contributed by atoms with Crippen LogP contribution in [0.1, 0.15) is 11.1 Å². The van der Waals surface area contributed by atoms with Crippen LogP contribution < -0.4 is 4.74 Å². The number of carbonyl (C=O) groups is 1. The maximum absolute atomic E-state index is 12.2. The molecule has 0 aromatic heterocycles. The number of alkyl halides is 4. The predicted molar refractivity (Wildman–Crippen MR) is 68.2 cm³/mol. The van der Waals surface area contributed by atoms with E-state index < -0.39 is 6.61 Å². The van der Waals surface area contributed by atoms with Crippen molar-refractivity contribution in [3.63, 3.8) is 0 Å². The third-order valence-corrected chi connectivity index (χ3v) is 3.30. The summed E-state index contributed by atoms with van der Waals surface area (Å²) in [4.78, 5) is 11.3. The van der Waals surface area contributed by atoms with E-state index in [1.54, 1.807) is 12.1 Å². The number of ketones is 1. The van der Waals surface area contributed by atoms with Gasteiger partial charge in [0.25, 0.3) is 0 Å². The second-order valence-corrected chi connectivity index (χ2v) is 4.38. The van der Waals surface area contributed by atoms with Gasteiger partial charge in [0.2, 0.25) is 0 Å². The average Bonchev–Trinajstić information content (AvgIpc) is 2.28. The third-order valence-electron chi connectivity index (χ3n) is 2.12. The van der Waals surface area contributed by atoms with E-state index in [1.807, 2.05) is 0 Å². The summed E-state index contributed by atoms with van der Waals surface area (Å²) in [6, 6.07) is 4.79. The first kappa shape index (κ1) is 14.6. The Kier molecular flexibility index (Phi) is 6.05. The van der Waals surface area contributed by atoms with Crippen LogP contribution in [0.2, 0.25) is 0 Å². The number of rotatable bonds is 6. The number of Topliss-reactive ketones (excluding diaryl/α,β-unsaturated/α-hetero) is 1. The summed E-state index contributed by atoms with van der Waals surface area (Å²) in [5.41, 5.74) is 1.28. The Morgan fingerprint density at radius 3 is 2.59 bits per heavy atom. The fourth-order valence-corrected chi connectivity index (χ4v) is 2.23. The first-order valence-corrected chi connectivity index (χ1v) is 7.02. The highest BCUT2D eigenvalue weighted by molar-refractivity contribution is 9.09. The van der Waals surface area contributed by atoms with Crippen LogP contribution in [0.4, 0.5) is 8.78 Å². The van der Waals surface area contributed by atoms with Crippen LogP contribution in [-0.2, 0) is 16.5 Å². The molecule has 6 heteroatoms. The topological polar surface area (TPSA) is 26.3 Å². The summed E-state index contributed by atoms with van der Waals surface area (Å²) < 4.78 is 28.8. The highest BCUT2D eigenvalue weighted by atomic mass is 79.9. The maximum atomic E-state index is 12.2. The number of ether oxygens (including phenoxy) is 1. The lowest BCUT2D eigenvalue weighted by atomic mass is 10.0. The molecule has 2 nitrogen and oxygen atoms in total. The smallest absolute Gasteiger partial charge is 0.387 e.